The van der Waals surface area contributed by atoms with Crippen molar-refractivity contribution in [3.63, 3.8) is 0 Å². The standard InChI is InChI=1S/C26H31FN2O5/c1-5-28(6-2)14-7-15-29-23(20-16-19(33-3)12-13-21(20)34-4)22(25(31)26(29)32)24(30)17-8-10-18(27)11-9-17/h8-13,16,23,30H,5-7,14-15H2,1-4H3/b24-22+/t23-/m1/s1. The Morgan fingerprint density at radius 2 is 1.74 bits per heavy atom. The van der Waals surface area contributed by atoms with Gasteiger partial charge < -0.3 is 24.4 Å². The number of carbonyl (C=O) groups excluding carboxylic acids is 2. The lowest BCUT2D eigenvalue weighted by atomic mass is 9.94. The third-order valence-corrected chi connectivity index (χ3v) is 6.16. The Kier molecular flexibility index (Phi) is 8.28. The molecule has 1 amide bonds. The normalized spacial score (nSPS) is 17.5. The number of methoxy groups -OCH3 is 2. The largest absolute Gasteiger partial charge is 0.507 e. The minimum atomic E-state index is -0.883. The molecule has 0 aromatic heterocycles. The first-order valence-corrected chi connectivity index (χ1v) is 11.3. The molecule has 3 rings (SSSR count). The fourth-order valence-electron chi connectivity index (χ4n) is 4.25. The van der Waals surface area contributed by atoms with Gasteiger partial charge in [0.25, 0.3) is 11.7 Å². The summed E-state index contributed by atoms with van der Waals surface area (Å²) in [7, 11) is 3.02. The molecule has 0 saturated carbocycles. The minimum absolute atomic E-state index is 0.0639. The predicted molar refractivity (Wildman–Crippen MR) is 127 cm³/mol. The number of nitrogens with zero attached hydrogens (tertiary/aromatic N) is 2. The van der Waals surface area contributed by atoms with Gasteiger partial charge in [-0.15, -0.1) is 0 Å². The van der Waals surface area contributed by atoms with E-state index in [0.717, 1.165) is 19.6 Å². The third-order valence-electron chi connectivity index (χ3n) is 6.16. The monoisotopic (exact) mass is 470 g/mol. The highest BCUT2D eigenvalue weighted by molar-refractivity contribution is 6.46. The number of aliphatic hydroxyl groups excluding tert-OH is 1. The molecule has 182 valence electrons. The average molecular weight is 471 g/mol. The Labute approximate surface area is 199 Å². The molecule has 2 aromatic rings. The second-order valence-corrected chi connectivity index (χ2v) is 7.99. The van der Waals surface area contributed by atoms with Crippen LogP contribution in [0.25, 0.3) is 5.76 Å². The van der Waals surface area contributed by atoms with E-state index in [1.807, 2.05) is 0 Å². The van der Waals surface area contributed by atoms with Crippen molar-refractivity contribution in [2.75, 3.05) is 40.4 Å². The van der Waals surface area contributed by atoms with E-state index in [4.69, 9.17) is 9.47 Å². The zero-order valence-corrected chi connectivity index (χ0v) is 20.0. The van der Waals surface area contributed by atoms with Gasteiger partial charge in [-0.3, -0.25) is 9.59 Å². The van der Waals surface area contributed by atoms with Crippen molar-refractivity contribution in [3.8, 4) is 11.5 Å². The number of halogens is 1. The molecule has 1 N–H and O–H groups in total. The Morgan fingerprint density at radius 1 is 1.06 bits per heavy atom. The summed E-state index contributed by atoms with van der Waals surface area (Å²) in [5.41, 5.74) is 0.702. The van der Waals surface area contributed by atoms with Crippen LogP contribution in [0.15, 0.2) is 48.0 Å². The van der Waals surface area contributed by atoms with Crippen molar-refractivity contribution >= 4 is 17.4 Å². The van der Waals surface area contributed by atoms with Crippen molar-refractivity contribution in [2.45, 2.75) is 26.3 Å². The number of Topliss-reactive ketones (excluding diaryl/α,β-unsaturated/α-hetero) is 1. The van der Waals surface area contributed by atoms with Gasteiger partial charge in [0.2, 0.25) is 0 Å². The van der Waals surface area contributed by atoms with Gasteiger partial charge in [-0.25, -0.2) is 4.39 Å². The molecule has 0 spiro atoms. The smallest absolute Gasteiger partial charge is 0.295 e. The summed E-state index contributed by atoms with van der Waals surface area (Å²) in [4.78, 5) is 30.0. The fourth-order valence-corrected chi connectivity index (χ4v) is 4.25. The van der Waals surface area contributed by atoms with E-state index in [1.54, 1.807) is 18.2 Å². The Balaban J connectivity index is 2.13. The van der Waals surface area contributed by atoms with E-state index in [9.17, 15) is 19.1 Å². The lowest BCUT2D eigenvalue weighted by molar-refractivity contribution is -0.140. The van der Waals surface area contributed by atoms with Crippen LogP contribution in [-0.2, 0) is 9.59 Å². The van der Waals surface area contributed by atoms with E-state index < -0.39 is 23.5 Å². The number of ether oxygens (including phenoxy) is 2. The van der Waals surface area contributed by atoms with Gasteiger partial charge in [-0.1, -0.05) is 13.8 Å². The maximum absolute atomic E-state index is 13.5. The quantitative estimate of drug-likeness (QED) is 0.321. The summed E-state index contributed by atoms with van der Waals surface area (Å²) < 4.78 is 24.4. The number of rotatable bonds is 10. The first-order valence-electron chi connectivity index (χ1n) is 11.3. The molecule has 0 aliphatic carbocycles. The molecule has 34 heavy (non-hydrogen) atoms. The Bertz CT molecular complexity index is 1060. The second kappa shape index (κ2) is 11.2. The zero-order chi connectivity index (χ0) is 24.8. The molecule has 1 atom stereocenters. The van der Waals surface area contributed by atoms with Crippen molar-refractivity contribution in [1.29, 1.82) is 0 Å². The summed E-state index contributed by atoms with van der Waals surface area (Å²) in [5.74, 6) is -1.35. The molecule has 0 radical (unpaired) electrons. The molecule has 0 bridgehead atoms. The third kappa shape index (κ3) is 5.07. The molecule has 2 aromatic carbocycles. The first-order chi connectivity index (χ1) is 16.4. The highest BCUT2D eigenvalue weighted by Gasteiger charge is 2.47. The van der Waals surface area contributed by atoms with Crippen LogP contribution in [0.2, 0.25) is 0 Å². The van der Waals surface area contributed by atoms with Gasteiger partial charge in [-0.2, -0.15) is 0 Å². The molecule has 1 heterocycles. The summed E-state index contributed by atoms with van der Waals surface area (Å²) >= 11 is 0. The predicted octanol–water partition coefficient (Wildman–Crippen LogP) is 4.00. The van der Waals surface area contributed by atoms with Crippen LogP contribution < -0.4 is 9.47 Å². The Morgan fingerprint density at radius 3 is 2.32 bits per heavy atom. The van der Waals surface area contributed by atoms with Gasteiger partial charge in [-0.05, 0) is 68.5 Å². The highest BCUT2D eigenvalue weighted by atomic mass is 19.1. The van der Waals surface area contributed by atoms with Crippen LogP contribution in [0, 0.1) is 5.82 Å². The van der Waals surface area contributed by atoms with Gasteiger partial charge >= 0.3 is 0 Å². The molecular formula is C26H31FN2O5. The maximum atomic E-state index is 13.5. The molecular weight excluding hydrogens is 439 g/mol. The molecule has 1 saturated heterocycles. The fraction of sp³-hybridized carbons (Fsp3) is 0.385. The summed E-state index contributed by atoms with van der Waals surface area (Å²) in [5, 5.41) is 11.1. The number of hydrogen-bond acceptors (Lipinski definition) is 6. The molecule has 1 fully saturated rings. The lowest BCUT2D eigenvalue weighted by Gasteiger charge is -2.28. The molecule has 0 unspecified atom stereocenters. The molecule has 1 aliphatic rings. The van der Waals surface area contributed by atoms with Crippen LogP contribution >= 0.6 is 0 Å². The van der Waals surface area contributed by atoms with E-state index in [-0.39, 0.29) is 16.9 Å². The Hall–Kier alpha value is -3.39. The maximum Gasteiger partial charge on any atom is 0.295 e. The van der Waals surface area contributed by atoms with Crippen molar-refractivity contribution in [2.24, 2.45) is 0 Å². The van der Waals surface area contributed by atoms with Crippen LogP contribution in [0.5, 0.6) is 11.5 Å². The molecule has 1 aliphatic heterocycles. The van der Waals surface area contributed by atoms with Crippen LogP contribution in [-0.4, -0.2) is 67.0 Å². The van der Waals surface area contributed by atoms with Gasteiger partial charge in [0.15, 0.2) is 0 Å². The van der Waals surface area contributed by atoms with Crippen LogP contribution in [0.4, 0.5) is 4.39 Å². The van der Waals surface area contributed by atoms with E-state index in [2.05, 4.69) is 18.7 Å². The van der Waals surface area contributed by atoms with Crippen molar-refractivity contribution in [1.82, 2.24) is 9.80 Å². The van der Waals surface area contributed by atoms with E-state index >= 15 is 0 Å². The van der Waals surface area contributed by atoms with E-state index in [1.165, 1.54) is 43.4 Å². The summed E-state index contributed by atoms with van der Waals surface area (Å²) in [6.45, 7) is 6.97. The lowest BCUT2D eigenvalue weighted by Crippen LogP contribution is -2.33. The topological polar surface area (TPSA) is 79.3 Å². The first kappa shape index (κ1) is 25.2. The number of ketones is 1. The summed E-state index contributed by atoms with van der Waals surface area (Å²) in [6, 6.07) is 9.36. The van der Waals surface area contributed by atoms with E-state index in [0.29, 0.717) is 30.0 Å². The van der Waals surface area contributed by atoms with Crippen LogP contribution in [0.1, 0.15) is 37.4 Å². The number of carbonyl (C=O) groups is 2. The number of aliphatic hydroxyl groups is 1. The number of likely N-dealkylation sites (tertiary alicyclic amines) is 1. The number of amides is 1. The molecule has 7 nitrogen and oxygen atoms in total. The van der Waals surface area contributed by atoms with Crippen LogP contribution in [0.3, 0.4) is 0 Å². The van der Waals surface area contributed by atoms with Gasteiger partial charge in [0.1, 0.15) is 23.1 Å². The number of hydrogen-bond donors (Lipinski definition) is 1. The van der Waals surface area contributed by atoms with Crippen molar-refractivity contribution in [3.05, 3.63) is 65.0 Å². The minimum Gasteiger partial charge on any atom is -0.507 e. The van der Waals surface area contributed by atoms with Crippen molar-refractivity contribution < 1.29 is 28.6 Å². The SMILES string of the molecule is CCN(CC)CCCN1C(=O)C(=O)/C(=C(/O)c2ccc(F)cc2)[C@H]1c1cc(OC)ccc1OC. The van der Waals surface area contributed by atoms with Gasteiger partial charge in [0.05, 0.1) is 25.8 Å². The highest BCUT2D eigenvalue weighted by Crippen LogP contribution is 2.43. The average Bonchev–Trinajstić information content (AvgIpc) is 3.11. The second-order valence-electron chi connectivity index (χ2n) is 7.99. The summed E-state index contributed by atoms with van der Waals surface area (Å²) in [6.07, 6.45) is 0.647. The van der Waals surface area contributed by atoms with Gasteiger partial charge in [0, 0.05) is 17.7 Å². The molecule has 8 heteroatoms. The number of benzene rings is 2. The zero-order valence-electron chi connectivity index (χ0n) is 20.0.